The van der Waals surface area contributed by atoms with Crippen LogP contribution in [-0.4, -0.2) is 28.8 Å². The second-order valence-electron chi connectivity index (χ2n) is 7.34. The van der Waals surface area contributed by atoms with Crippen LogP contribution in [0.5, 0.6) is 0 Å². The van der Waals surface area contributed by atoms with Gasteiger partial charge in [0.15, 0.2) is 0 Å². The van der Waals surface area contributed by atoms with Crippen LogP contribution in [-0.2, 0) is 11.2 Å². The molecule has 1 fully saturated rings. The Kier molecular flexibility index (Phi) is 5.05. The maximum atomic E-state index is 6.28. The zero-order valence-electron chi connectivity index (χ0n) is 14.1. The molecule has 3 heteroatoms. The summed E-state index contributed by atoms with van der Waals surface area (Å²) in [5.74, 6) is 0.545. The van der Waals surface area contributed by atoms with Gasteiger partial charge < -0.3 is 10.1 Å². The van der Waals surface area contributed by atoms with E-state index in [9.17, 15) is 0 Å². The number of nitrogens with zero attached hydrogens (tertiary/aromatic N) is 1. The van der Waals surface area contributed by atoms with E-state index in [-0.39, 0.29) is 11.2 Å². The van der Waals surface area contributed by atoms with E-state index in [0.29, 0.717) is 12.0 Å². The molecule has 3 nitrogen and oxygen atoms in total. The summed E-state index contributed by atoms with van der Waals surface area (Å²) in [6.07, 6.45) is 7.13. The molecule has 0 aromatic carbocycles. The van der Waals surface area contributed by atoms with Gasteiger partial charge in [-0.1, -0.05) is 13.0 Å². The van der Waals surface area contributed by atoms with Crippen molar-refractivity contribution >= 4 is 0 Å². The number of hydrogen-bond acceptors (Lipinski definition) is 3. The number of nitrogens with one attached hydrogen (secondary N) is 1. The lowest BCUT2D eigenvalue weighted by atomic mass is 9.79. The molecule has 0 bridgehead atoms. The molecule has 21 heavy (non-hydrogen) atoms. The fourth-order valence-corrected chi connectivity index (χ4v) is 3.81. The molecule has 1 aliphatic rings. The number of aromatic nitrogens is 1. The largest absolute Gasteiger partial charge is 0.369 e. The third kappa shape index (κ3) is 4.27. The topological polar surface area (TPSA) is 34.2 Å². The third-order valence-electron chi connectivity index (χ3n) is 4.56. The molecule has 2 atom stereocenters. The van der Waals surface area contributed by atoms with Crippen LogP contribution < -0.4 is 5.32 Å². The van der Waals surface area contributed by atoms with Gasteiger partial charge >= 0.3 is 0 Å². The molecule has 1 aliphatic heterocycles. The van der Waals surface area contributed by atoms with Crippen LogP contribution in [0.1, 0.15) is 53.0 Å². The van der Waals surface area contributed by atoms with Crippen LogP contribution in [0.3, 0.4) is 0 Å². The highest BCUT2D eigenvalue weighted by atomic mass is 16.5. The second kappa shape index (κ2) is 6.45. The van der Waals surface area contributed by atoms with E-state index in [2.05, 4.69) is 51.0 Å². The average Bonchev–Trinajstić information content (AvgIpc) is 2.63. The van der Waals surface area contributed by atoms with Crippen molar-refractivity contribution in [1.82, 2.24) is 10.3 Å². The minimum atomic E-state index is -0.0642. The Bertz CT molecular complexity index is 442. The van der Waals surface area contributed by atoms with Crippen molar-refractivity contribution in [2.45, 2.75) is 71.1 Å². The van der Waals surface area contributed by atoms with Gasteiger partial charge in [0.25, 0.3) is 0 Å². The molecule has 0 aliphatic carbocycles. The van der Waals surface area contributed by atoms with Crippen LogP contribution in [0.4, 0.5) is 0 Å². The van der Waals surface area contributed by atoms with Gasteiger partial charge in [0.05, 0.1) is 11.2 Å². The normalized spacial score (nSPS) is 24.9. The van der Waals surface area contributed by atoms with Crippen LogP contribution in [0, 0.1) is 5.92 Å². The van der Waals surface area contributed by atoms with Crippen molar-refractivity contribution in [2.24, 2.45) is 5.92 Å². The third-order valence-corrected chi connectivity index (χ3v) is 4.56. The molecule has 2 rings (SSSR count). The predicted molar refractivity (Wildman–Crippen MR) is 87.4 cm³/mol. The predicted octanol–water partition coefficient (Wildman–Crippen LogP) is 3.59. The van der Waals surface area contributed by atoms with Gasteiger partial charge in [-0.25, -0.2) is 0 Å². The molecule has 0 spiro atoms. The fourth-order valence-electron chi connectivity index (χ4n) is 3.81. The number of hydrogen-bond donors (Lipinski definition) is 1. The number of ether oxygens (including phenoxy) is 1. The summed E-state index contributed by atoms with van der Waals surface area (Å²) < 4.78 is 6.28. The standard InChI is InChI=1S/C18H30N2O/c1-6-20-16(10-9-14-8-7-11-19-13-14)15-12-17(2,3)21-18(15,4)5/h7-8,11,13,15-16,20H,6,9-10,12H2,1-5H3. The molecule has 0 amide bonds. The Hall–Kier alpha value is -0.930. The smallest absolute Gasteiger partial charge is 0.0677 e. The molecular weight excluding hydrogens is 260 g/mol. The van der Waals surface area contributed by atoms with E-state index < -0.39 is 0 Å². The molecule has 1 aromatic heterocycles. The molecule has 0 saturated carbocycles. The first kappa shape index (κ1) is 16.4. The lowest BCUT2D eigenvalue weighted by Gasteiger charge is -2.33. The van der Waals surface area contributed by atoms with E-state index in [1.165, 1.54) is 5.56 Å². The van der Waals surface area contributed by atoms with E-state index in [1.54, 1.807) is 0 Å². The first-order chi connectivity index (χ1) is 9.84. The Morgan fingerprint density at radius 2 is 2.14 bits per heavy atom. The molecule has 0 radical (unpaired) electrons. The summed E-state index contributed by atoms with van der Waals surface area (Å²) in [5, 5.41) is 3.69. The Morgan fingerprint density at radius 3 is 2.67 bits per heavy atom. The van der Waals surface area contributed by atoms with E-state index in [1.807, 2.05) is 18.5 Å². The van der Waals surface area contributed by atoms with Gasteiger partial charge in [0.2, 0.25) is 0 Å². The quantitative estimate of drug-likeness (QED) is 0.869. The summed E-state index contributed by atoms with van der Waals surface area (Å²) in [6, 6.07) is 4.67. The first-order valence-electron chi connectivity index (χ1n) is 8.16. The van der Waals surface area contributed by atoms with Crippen LogP contribution in [0.2, 0.25) is 0 Å². The monoisotopic (exact) mass is 290 g/mol. The number of pyridine rings is 1. The van der Waals surface area contributed by atoms with Gasteiger partial charge in [-0.3, -0.25) is 4.98 Å². The van der Waals surface area contributed by atoms with Crippen LogP contribution >= 0.6 is 0 Å². The summed E-state index contributed by atoms with van der Waals surface area (Å²) in [6.45, 7) is 12.1. The fraction of sp³-hybridized carbons (Fsp3) is 0.722. The molecular formula is C18H30N2O. The maximum Gasteiger partial charge on any atom is 0.0677 e. The Morgan fingerprint density at radius 1 is 1.38 bits per heavy atom. The van der Waals surface area contributed by atoms with Gasteiger partial charge in [-0.2, -0.15) is 0 Å². The van der Waals surface area contributed by atoms with Crippen molar-refractivity contribution in [2.75, 3.05) is 6.54 Å². The van der Waals surface area contributed by atoms with Crippen molar-refractivity contribution in [3.05, 3.63) is 30.1 Å². The highest BCUT2D eigenvalue weighted by Crippen LogP contribution is 2.44. The maximum absolute atomic E-state index is 6.28. The van der Waals surface area contributed by atoms with E-state index in [0.717, 1.165) is 25.8 Å². The Labute approximate surface area is 129 Å². The van der Waals surface area contributed by atoms with Crippen molar-refractivity contribution in [3.8, 4) is 0 Å². The lowest BCUT2D eigenvalue weighted by molar-refractivity contribution is -0.0778. The summed E-state index contributed by atoms with van der Waals surface area (Å²) in [4.78, 5) is 4.21. The highest BCUT2D eigenvalue weighted by molar-refractivity contribution is 5.09. The van der Waals surface area contributed by atoms with Crippen LogP contribution in [0.25, 0.3) is 0 Å². The molecule has 1 saturated heterocycles. The van der Waals surface area contributed by atoms with Gasteiger partial charge in [-0.05, 0) is 65.1 Å². The number of aryl methyl sites for hydroxylation is 1. The number of rotatable bonds is 6. The van der Waals surface area contributed by atoms with Crippen molar-refractivity contribution in [1.29, 1.82) is 0 Å². The van der Waals surface area contributed by atoms with Gasteiger partial charge in [0, 0.05) is 24.4 Å². The van der Waals surface area contributed by atoms with Crippen molar-refractivity contribution in [3.63, 3.8) is 0 Å². The van der Waals surface area contributed by atoms with Gasteiger partial charge in [-0.15, -0.1) is 0 Å². The molecule has 2 unspecified atom stereocenters. The minimum absolute atomic E-state index is 0.0177. The summed E-state index contributed by atoms with van der Waals surface area (Å²) >= 11 is 0. The molecule has 2 heterocycles. The summed E-state index contributed by atoms with van der Waals surface area (Å²) in [7, 11) is 0. The molecule has 1 aromatic rings. The van der Waals surface area contributed by atoms with Crippen LogP contribution in [0.15, 0.2) is 24.5 Å². The van der Waals surface area contributed by atoms with E-state index in [4.69, 9.17) is 4.74 Å². The second-order valence-corrected chi connectivity index (χ2v) is 7.34. The summed E-state index contributed by atoms with van der Waals surface area (Å²) in [5.41, 5.74) is 1.23. The minimum Gasteiger partial charge on any atom is -0.369 e. The zero-order valence-corrected chi connectivity index (χ0v) is 14.1. The zero-order chi connectivity index (χ0) is 15.5. The SMILES string of the molecule is CCNC(CCc1cccnc1)C1CC(C)(C)OC1(C)C. The Balaban J connectivity index is 2.05. The molecule has 1 N–H and O–H groups in total. The lowest BCUT2D eigenvalue weighted by Crippen LogP contribution is -2.44. The first-order valence-corrected chi connectivity index (χ1v) is 8.16. The van der Waals surface area contributed by atoms with Crippen molar-refractivity contribution < 1.29 is 4.74 Å². The molecule has 118 valence electrons. The average molecular weight is 290 g/mol. The van der Waals surface area contributed by atoms with E-state index >= 15 is 0 Å². The highest BCUT2D eigenvalue weighted by Gasteiger charge is 2.48. The van der Waals surface area contributed by atoms with Gasteiger partial charge in [0.1, 0.15) is 0 Å².